The summed E-state index contributed by atoms with van der Waals surface area (Å²) in [5.41, 5.74) is 5.99. The van der Waals surface area contributed by atoms with Crippen molar-refractivity contribution in [2.75, 3.05) is 33.4 Å². The Bertz CT molecular complexity index is 586. The van der Waals surface area contributed by atoms with Gasteiger partial charge >= 0.3 is 0 Å². The van der Waals surface area contributed by atoms with Crippen molar-refractivity contribution in [3.8, 4) is 11.5 Å². The molecule has 1 heterocycles. The van der Waals surface area contributed by atoms with Crippen LogP contribution >= 0.6 is 0 Å². The summed E-state index contributed by atoms with van der Waals surface area (Å²) < 4.78 is 10.6. The van der Waals surface area contributed by atoms with Crippen molar-refractivity contribution >= 4 is 11.8 Å². The molecule has 7 nitrogen and oxygen atoms in total. The summed E-state index contributed by atoms with van der Waals surface area (Å²) in [6.07, 6.45) is 0.490. The largest absolute Gasteiger partial charge is 0.497 e. The van der Waals surface area contributed by atoms with E-state index in [-0.39, 0.29) is 24.5 Å². The monoisotopic (exact) mass is 349 g/mol. The molecule has 2 rings (SSSR count). The van der Waals surface area contributed by atoms with Gasteiger partial charge in [-0.3, -0.25) is 9.59 Å². The van der Waals surface area contributed by atoms with E-state index in [0.717, 1.165) is 0 Å². The molecule has 0 aromatic heterocycles. The third kappa shape index (κ3) is 4.63. The second-order valence-electron chi connectivity index (χ2n) is 6.03. The van der Waals surface area contributed by atoms with Crippen molar-refractivity contribution in [1.82, 2.24) is 9.80 Å². The van der Waals surface area contributed by atoms with Gasteiger partial charge in [-0.25, -0.2) is 0 Å². The number of hydrogen-bond donors (Lipinski definition) is 1. The van der Waals surface area contributed by atoms with Gasteiger partial charge < -0.3 is 25.0 Å². The fraction of sp³-hybridized carbons (Fsp3) is 0.556. The fourth-order valence-corrected chi connectivity index (χ4v) is 3.02. The lowest BCUT2D eigenvalue weighted by Gasteiger charge is -2.28. The van der Waals surface area contributed by atoms with Gasteiger partial charge in [-0.15, -0.1) is 0 Å². The van der Waals surface area contributed by atoms with E-state index in [0.29, 0.717) is 37.6 Å². The molecule has 2 N–H and O–H groups in total. The molecule has 0 spiro atoms. The van der Waals surface area contributed by atoms with E-state index < -0.39 is 6.04 Å². The molecular weight excluding hydrogens is 322 g/mol. The van der Waals surface area contributed by atoms with E-state index >= 15 is 0 Å². The van der Waals surface area contributed by atoms with Gasteiger partial charge in [0, 0.05) is 25.7 Å². The van der Waals surface area contributed by atoms with Gasteiger partial charge in [-0.1, -0.05) is 0 Å². The predicted octanol–water partition coefficient (Wildman–Crippen LogP) is 0.871. The standard InChI is InChI=1S/C18H27N3O4/c1-4-20(5-2)18(23)16-10-13(19)11-21(16)17(22)12-25-15-8-6-14(24-3)7-9-15/h6-9,13,16H,4-5,10-12,19H2,1-3H3/t13-,16-/m0/s1. The Kier molecular flexibility index (Phi) is 6.64. The quantitative estimate of drug-likeness (QED) is 0.789. The Morgan fingerprint density at radius 1 is 1.20 bits per heavy atom. The van der Waals surface area contributed by atoms with Gasteiger partial charge in [0.1, 0.15) is 17.5 Å². The number of nitrogens with zero attached hydrogens (tertiary/aromatic N) is 2. The van der Waals surface area contributed by atoms with Crippen LogP contribution in [0.2, 0.25) is 0 Å². The molecule has 1 aromatic carbocycles. The maximum Gasteiger partial charge on any atom is 0.261 e. The minimum absolute atomic E-state index is 0.0456. The Hall–Kier alpha value is -2.28. The molecule has 25 heavy (non-hydrogen) atoms. The molecule has 0 unspecified atom stereocenters. The minimum atomic E-state index is -0.498. The Balaban J connectivity index is 1.99. The molecule has 138 valence electrons. The Morgan fingerprint density at radius 2 is 1.80 bits per heavy atom. The summed E-state index contributed by atoms with van der Waals surface area (Å²) in [6.45, 7) is 5.34. The number of benzene rings is 1. The number of likely N-dealkylation sites (tertiary alicyclic amines) is 1. The highest BCUT2D eigenvalue weighted by Gasteiger charge is 2.39. The smallest absolute Gasteiger partial charge is 0.261 e. The van der Waals surface area contributed by atoms with Crippen LogP contribution in [0.15, 0.2) is 24.3 Å². The summed E-state index contributed by atoms with van der Waals surface area (Å²) in [5, 5.41) is 0. The number of carbonyl (C=O) groups is 2. The van der Waals surface area contributed by atoms with E-state index in [1.54, 1.807) is 41.2 Å². The van der Waals surface area contributed by atoms with Crippen LogP contribution in [-0.4, -0.2) is 67.0 Å². The number of nitrogens with two attached hydrogens (primary N) is 1. The molecule has 0 radical (unpaired) electrons. The summed E-state index contributed by atoms with van der Waals surface area (Å²) in [7, 11) is 1.59. The molecule has 7 heteroatoms. The molecule has 0 bridgehead atoms. The van der Waals surface area contributed by atoms with Crippen molar-refractivity contribution in [1.29, 1.82) is 0 Å². The third-order valence-electron chi connectivity index (χ3n) is 4.44. The number of rotatable bonds is 7. The highest BCUT2D eigenvalue weighted by atomic mass is 16.5. The average molecular weight is 349 g/mol. The maximum absolute atomic E-state index is 12.6. The number of likely N-dealkylation sites (N-methyl/N-ethyl adjacent to an activating group) is 1. The molecular formula is C18H27N3O4. The topological polar surface area (TPSA) is 85.1 Å². The van der Waals surface area contributed by atoms with Crippen molar-refractivity contribution in [3.63, 3.8) is 0 Å². The minimum Gasteiger partial charge on any atom is -0.497 e. The van der Waals surface area contributed by atoms with Crippen molar-refractivity contribution in [3.05, 3.63) is 24.3 Å². The first-order valence-corrected chi connectivity index (χ1v) is 8.60. The molecule has 1 aliphatic rings. The van der Waals surface area contributed by atoms with Crippen LogP contribution in [0.5, 0.6) is 11.5 Å². The van der Waals surface area contributed by atoms with Gasteiger partial charge in [0.05, 0.1) is 7.11 Å². The second-order valence-corrected chi connectivity index (χ2v) is 6.03. The molecule has 1 saturated heterocycles. The zero-order valence-corrected chi connectivity index (χ0v) is 15.1. The van der Waals surface area contributed by atoms with Crippen LogP contribution in [0.3, 0.4) is 0 Å². The summed E-state index contributed by atoms with van der Waals surface area (Å²) in [6, 6.07) is 6.31. The van der Waals surface area contributed by atoms with Gasteiger partial charge in [-0.2, -0.15) is 0 Å². The summed E-state index contributed by atoms with van der Waals surface area (Å²) >= 11 is 0. The van der Waals surface area contributed by atoms with Crippen molar-refractivity contribution in [2.45, 2.75) is 32.4 Å². The first kappa shape index (κ1) is 19.1. The van der Waals surface area contributed by atoms with E-state index in [2.05, 4.69) is 0 Å². The van der Waals surface area contributed by atoms with Crippen LogP contribution in [0.1, 0.15) is 20.3 Å². The summed E-state index contributed by atoms with van der Waals surface area (Å²) in [4.78, 5) is 28.5. The van der Waals surface area contributed by atoms with Crippen LogP contribution in [0, 0.1) is 0 Å². The predicted molar refractivity (Wildman–Crippen MR) is 94.5 cm³/mol. The lowest BCUT2D eigenvalue weighted by molar-refractivity contribution is -0.144. The van der Waals surface area contributed by atoms with Crippen LogP contribution in [0.25, 0.3) is 0 Å². The summed E-state index contributed by atoms with van der Waals surface area (Å²) in [5.74, 6) is 1.02. The van der Waals surface area contributed by atoms with Crippen molar-refractivity contribution < 1.29 is 19.1 Å². The molecule has 2 atom stereocenters. The normalized spacial score (nSPS) is 19.6. The van der Waals surface area contributed by atoms with E-state index in [9.17, 15) is 9.59 Å². The number of ether oxygens (including phenoxy) is 2. The van der Waals surface area contributed by atoms with Crippen LogP contribution < -0.4 is 15.2 Å². The highest BCUT2D eigenvalue weighted by Crippen LogP contribution is 2.21. The van der Waals surface area contributed by atoms with Gasteiger partial charge in [0.25, 0.3) is 5.91 Å². The zero-order chi connectivity index (χ0) is 18.4. The zero-order valence-electron chi connectivity index (χ0n) is 15.1. The van der Waals surface area contributed by atoms with Gasteiger partial charge in [0.2, 0.25) is 5.91 Å². The Labute approximate surface area is 148 Å². The molecule has 1 aliphatic heterocycles. The van der Waals surface area contributed by atoms with Crippen LogP contribution in [-0.2, 0) is 9.59 Å². The number of carbonyl (C=O) groups excluding carboxylic acids is 2. The molecule has 0 aliphatic carbocycles. The lowest BCUT2D eigenvalue weighted by Crippen LogP contribution is -2.48. The lowest BCUT2D eigenvalue weighted by atomic mass is 10.1. The van der Waals surface area contributed by atoms with E-state index in [1.807, 2.05) is 13.8 Å². The first-order valence-electron chi connectivity index (χ1n) is 8.60. The highest BCUT2D eigenvalue weighted by molar-refractivity contribution is 5.89. The Morgan fingerprint density at radius 3 is 2.36 bits per heavy atom. The molecule has 2 amide bonds. The number of amides is 2. The molecule has 0 saturated carbocycles. The van der Waals surface area contributed by atoms with Gasteiger partial charge in [-0.05, 0) is 44.5 Å². The van der Waals surface area contributed by atoms with Gasteiger partial charge in [0.15, 0.2) is 6.61 Å². The number of hydrogen-bond acceptors (Lipinski definition) is 5. The average Bonchev–Trinajstić information content (AvgIpc) is 3.03. The fourth-order valence-electron chi connectivity index (χ4n) is 3.02. The SMILES string of the molecule is CCN(CC)C(=O)[C@@H]1C[C@H](N)CN1C(=O)COc1ccc(OC)cc1. The van der Waals surface area contributed by atoms with Crippen molar-refractivity contribution in [2.24, 2.45) is 5.73 Å². The van der Waals surface area contributed by atoms with Crippen LogP contribution in [0.4, 0.5) is 0 Å². The molecule has 1 aromatic rings. The second kappa shape index (κ2) is 8.71. The van der Waals surface area contributed by atoms with E-state index in [4.69, 9.17) is 15.2 Å². The third-order valence-corrected chi connectivity index (χ3v) is 4.44. The first-order chi connectivity index (χ1) is 12.0. The van der Waals surface area contributed by atoms with E-state index in [1.165, 1.54) is 0 Å². The molecule has 1 fully saturated rings. The number of methoxy groups -OCH3 is 1. The maximum atomic E-state index is 12.6.